The Morgan fingerprint density at radius 2 is 1.90 bits per heavy atom. The molecule has 0 saturated carbocycles. The molecule has 4 nitrogen and oxygen atoms in total. The summed E-state index contributed by atoms with van der Waals surface area (Å²) in [6, 6.07) is 7.65. The van der Waals surface area contributed by atoms with Gasteiger partial charge in [0.1, 0.15) is 0 Å². The Kier molecular flexibility index (Phi) is 6.69. The van der Waals surface area contributed by atoms with Crippen molar-refractivity contribution in [2.45, 2.75) is 45.6 Å². The van der Waals surface area contributed by atoms with E-state index in [1.807, 2.05) is 45.2 Å². The van der Waals surface area contributed by atoms with Crippen LogP contribution in [0.15, 0.2) is 24.3 Å². The van der Waals surface area contributed by atoms with E-state index in [2.05, 4.69) is 17.1 Å². The van der Waals surface area contributed by atoms with E-state index >= 15 is 0 Å². The summed E-state index contributed by atoms with van der Waals surface area (Å²) in [6.45, 7) is 7.19. The monoisotopic (exact) mass is 292 g/mol. The largest absolute Gasteiger partial charge is 0.396 e. The molecule has 0 fully saturated rings. The number of nitrogens with zero attached hydrogens (tertiary/aromatic N) is 1. The Labute approximate surface area is 128 Å². The first-order chi connectivity index (χ1) is 9.95. The van der Waals surface area contributed by atoms with Gasteiger partial charge >= 0.3 is 0 Å². The maximum Gasteiger partial charge on any atom is 0.251 e. The number of rotatable bonds is 8. The molecule has 0 aliphatic carbocycles. The maximum atomic E-state index is 12.3. The lowest BCUT2D eigenvalue weighted by Crippen LogP contribution is -2.46. The van der Waals surface area contributed by atoms with E-state index in [-0.39, 0.29) is 18.1 Å². The lowest BCUT2D eigenvalue weighted by Gasteiger charge is -2.29. The Bertz CT molecular complexity index is 445. The van der Waals surface area contributed by atoms with Gasteiger partial charge in [0.2, 0.25) is 0 Å². The van der Waals surface area contributed by atoms with Gasteiger partial charge in [0.15, 0.2) is 0 Å². The average Bonchev–Trinajstić information content (AvgIpc) is 2.48. The zero-order valence-corrected chi connectivity index (χ0v) is 13.6. The molecular formula is C17H28N2O2. The highest BCUT2D eigenvalue weighted by Gasteiger charge is 2.24. The van der Waals surface area contributed by atoms with Gasteiger partial charge in [-0.25, -0.2) is 0 Å². The van der Waals surface area contributed by atoms with Crippen LogP contribution in [0, 0.1) is 0 Å². The third-order valence-corrected chi connectivity index (χ3v) is 3.99. The first kappa shape index (κ1) is 17.5. The zero-order valence-electron chi connectivity index (χ0n) is 13.6. The molecule has 0 aliphatic heterocycles. The second-order valence-electron chi connectivity index (χ2n) is 5.81. The standard InChI is InChI=1S/C17H28N2O2/c1-5-12-19(4)15-9-7-14(8-10-15)16(21)18-17(3,6-2)11-13-20/h7-10,20H,5-6,11-13H2,1-4H3,(H,18,21). The summed E-state index contributed by atoms with van der Waals surface area (Å²) in [5.74, 6) is -0.0857. The molecule has 0 spiro atoms. The molecule has 0 heterocycles. The molecule has 0 saturated heterocycles. The van der Waals surface area contributed by atoms with Gasteiger partial charge in [0.05, 0.1) is 0 Å². The number of aliphatic hydroxyl groups excluding tert-OH is 1. The molecule has 1 unspecified atom stereocenters. The van der Waals surface area contributed by atoms with Crippen LogP contribution < -0.4 is 10.2 Å². The number of carbonyl (C=O) groups is 1. The average molecular weight is 292 g/mol. The Balaban J connectivity index is 2.75. The zero-order chi connectivity index (χ0) is 15.9. The Morgan fingerprint density at radius 3 is 2.38 bits per heavy atom. The van der Waals surface area contributed by atoms with Crippen molar-refractivity contribution in [2.24, 2.45) is 0 Å². The van der Waals surface area contributed by atoms with Crippen LogP contribution in [-0.2, 0) is 0 Å². The van der Waals surface area contributed by atoms with Crippen LogP contribution in [0.25, 0.3) is 0 Å². The van der Waals surface area contributed by atoms with E-state index in [0.29, 0.717) is 12.0 Å². The third kappa shape index (κ3) is 5.05. The molecule has 1 aromatic rings. The normalized spacial score (nSPS) is 13.6. The van der Waals surface area contributed by atoms with Gasteiger partial charge in [-0.05, 0) is 50.5 Å². The number of hydrogen-bond donors (Lipinski definition) is 2. The predicted molar refractivity (Wildman–Crippen MR) is 87.9 cm³/mol. The lowest BCUT2D eigenvalue weighted by atomic mass is 9.94. The first-order valence-corrected chi connectivity index (χ1v) is 7.70. The van der Waals surface area contributed by atoms with Crippen LogP contribution in [-0.4, -0.2) is 36.8 Å². The van der Waals surface area contributed by atoms with Crippen LogP contribution in [0.4, 0.5) is 5.69 Å². The van der Waals surface area contributed by atoms with Crippen molar-refractivity contribution < 1.29 is 9.90 Å². The molecular weight excluding hydrogens is 264 g/mol. The summed E-state index contributed by atoms with van der Waals surface area (Å²) in [5, 5.41) is 12.1. The van der Waals surface area contributed by atoms with E-state index in [1.165, 1.54) is 0 Å². The van der Waals surface area contributed by atoms with Crippen molar-refractivity contribution in [1.29, 1.82) is 0 Å². The minimum Gasteiger partial charge on any atom is -0.396 e. The predicted octanol–water partition coefficient (Wildman–Crippen LogP) is 2.81. The van der Waals surface area contributed by atoms with Crippen molar-refractivity contribution >= 4 is 11.6 Å². The molecule has 1 aromatic carbocycles. The van der Waals surface area contributed by atoms with Gasteiger partial charge in [0.25, 0.3) is 5.91 Å². The van der Waals surface area contributed by atoms with E-state index in [9.17, 15) is 4.79 Å². The molecule has 2 N–H and O–H groups in total. The van der Waals surface area contributed by atoms with Gasteiger partial charge < -0.3 is 15.3 Å². The van der Waals surface area contributed by atoms with Gasteiger partial charge in [0, 0.05) is 37.0 Å². The molecule has 1 atom stereocenters. The fraction of sp³-hybridized carbons (Fsp3) is 0.588. The van der Waals surface area contributed by atoms with Crippen molar-refractivity contribution in [3.8, 4) is 0 Å². The molecule has 0 radical (unpaired) electrons. The number of amides is 1. The molecule has 0 aliphatic rings. The number of carbonyl (C=O) groups excluding carboxylic acids is 1. The van der Waals surface area contributed by atoms with E-state index in [4.69, 9.17) is 5.11 Å². The summed E-state index contributed by atoms with van der Waals surface area (Å²) in [4.78, 5) is 14.5. The molecule has 21 heavy (non-hydrogen) atoms. The summed E-state index contributed by atoms with van der Waals surface area (Å²) in [6.07, 6.45) is 2.44. The summed E-state index contributed by atoms with van der Waals surface area (Å²) in [5.41, 5.74) is 1.41. The van der Waals surface area contributed by atoms with Crippen molar-refractivity contribution in [3.63, 3.8) is 0 Å². The van der Waals surface area contributed by atoms with Crippen molar-refractivity contribution in [2.75, 3.05) is 25.1 Å². The van der Waals surface area contributed by atoms with Crippen LogP contribution in [0.2, 0.25) is 0 Å². The summed E-state index contributed by atoms with van der Waals surface area (Å²) < 4.78 is 0. The molecule has 1 amide bonds. The summed E-state index contributed by atoms with van der Waals surface area (Å²) >= 11 is 0. The number of hydrogen-bond acceptors (Lipinski definition) is 3. The number of anilines is 1. The highest BCUT2D eigenvalue weighted by atomic mass is 16.3. The second kappa shape index (κ2) is 8.03. The minimum atomic E-state index is -0.358. The smallest absolute Gasteiger partial charge is 0.251 e. The van der Waals surface area contributed by atoms with Crippen LogP contribution >= 0.6 is 0 Å². The number of nitrogens with one attached hydrogen (secondary N) is 1. The van der Waals surface area contributed by atoms with Gasteiger partial charge in [-0.3, -0.25) is 4.79 Å². The summed E-state index contributed by atoms with van der Waals surface area (Å²) in [7, 11) is 2.05. The third-order valence-electron chi connectivity index (χ3n) is 3.99. The molecule has 4 heteroatoms. The van der Waals surface area contributed by atoms with Crippen LogP contribution in [0.5, 0.6) is 0 Å². The SMILES string of the molecule is CCCN(C)c1ccc(C(=O)NC(C)(CC)CCO)cc1. The van der Waals surface area contributed by atoms with E-state index in [0.717, 1.165) is 25.1 Å². The topological polar surface area (TPSA) is 52.6 Å². The lowest BCUT2D eigenvalue weighted by molar-refractivity contribution is 0.0886. The van der Waals surface area contributed by atoms with E-state index < -0.39 is 0 Å². The van der Waals surface area contributed by atoms with Crippen molar-refractivity contribution in [1.82, 2.24) is 5.32 Å². The highest BCUT2D eigenvalue weighted by Crippen LogP contribution is 2.17. The number of aliphatic hydroxyl groups is 1. The van der Waals surface area contributed by atoms with Gasteiger partial charge in [-0.15, -0.1) is 0 Å². The fourth-order valence-corrected chi connectivity index (χ4v) is 2.25. The highest BCUT2D eigenvalue weighted by molar-refractivity contribution is 5.95. The Morgan fingerprint density at radius 1 is 1.29 bits per heavy atom. The van der Waals surface area contributed by atoms with Crippen LogP contribution in [0.1, 0.15) is 50.4 Å². The minimum absolute atomic E-state index is 0.0748. The quantitative estimate of drug-likeness (QED) is 0.774. The molecule has 0 bridgehead atoms. The van der Waals surface area contributed by atoms with E-state index in [1.54, 1.807) is 0 Å². The fourth-order valence-electron chi connectivity index (χ4n) is 2.25. The molecule has 118 valence electrons. The first-order valence-electron chi connectivity index (χ1n) is 7.70. The second-order valence-corrected chi connectivity index (χ2v) is 5.81. The number of benzene rings is 1. The Hall–Kier alpha value is -1.55. The van der Waals surface area contributed by atoms with Gasteiger partial charge in [-0.1, -0.05) is 13.8 Å². The van der Waals surface area contributed by atoms with Crippen molar-refractivity contribution in [3.05, 3.63) is 29.8 Å². The molecule has 0 aromatic heterocycles. The van der Waals surface area contributed by atoms with Crippen LogP contribution in [0.3, 0.4) is 0 Å². The molecule has 1 rings (SSSR count). The van der Waals surface area contributed by atoms with Gasteiger partial charge in [-0.2, -0.15) is 0 Å². The maximum absolute atomic E-state index is 12.3.